The molecule has 2 aromatic heterocycles. The van der Waals surface area contributed by atoms with E-state index < -0.39 is 0 Å². The number of hydrogen-bond donors (Lipinski definition) is 0. The zero-order valence-corrected chi connectivity index (χ0v) is 14.5. The van der Waals surface area contributed by atoms with Crippen LogP contribution in [-0.4, -0.2) is 29.3 Å². The molecule has 0 saturated carbocycles. The molecule has 3 rings (SSSR count). The van der Waals surface area contributed by atoms with E-state index in [9.17, 15) is 9.59 Å². The average molecular weight is 365 g/mol. The molecule has 124 valence electrons. The van der Waals surface area contributed by atoms with Gasteiger partial charge < -0.3 is 0 Å². The minimum absolute atomic E-state index is 0.342. The predicted octanol–water partition coefficient (Wildman–Crippen LogP) is 1.01. The zero-order chi connectivity index (χ0) is 17.3. The Labute approximate surface area is 145 Å². The molecule has 0 N–H and O–H groups in total. The van der Waals surface area contributed by atoms with Gasteiger partial charge in [-0.2, -0.15) is 4.68 Å². The van der Waals surface area contributed by atoms with Crippen LogP contribution in [0.1, 0.15) is 5.69 Å². The van der Waals surface area contributed by atoms with Crippen LogP contribution in [0.5, 0.6) is 0 Å². The van der Waals surface area contributed by atoms with Crippen LogP contribution in [0.15, 0.2) is 45.1 Å². The molecule has 0 atom stereocenters. The summed E-state index contributed by atoms with van der Waals surface area (Å²) >= 11 is 7.21. The largest absolute Gasteiger partial charge is 0.330 e. The molecule has 0 spiro atoms. The predicted molar refractivity (Wildman–Crippen MR) is 90.6 cm³/mol. The van der Waals surface area contributed by atoms with Gasteiger partial charge in [0.15, 0.2) is 0 Å². The summed E-state index contributed by atoms with van der Waals surface area (Å²) in [5.74, 6) is 0.385. The van der Waals surface area contributed by atoms with E-state index in [0.717, 1.165) is 10.3 Å². The molecule has 0 bridgehead atoms. The monoisotopic (exact) mass is 364 g/mol. The summed E-state index contributed by atoms with van der Waals surface area (Å²) in [5, 5.41) is 12.8. The van der Waals surface area contributed by atoms with Gasteiger partial charge in [-0.05, 0) is 34.7 Å². The first-order chi connectivity index (χ1) is 11.5. The van der Waals surface area contributed by atoms with E-state index in [1.165, 1.54) is 29.4 Å². The summed E-state index contributed by atoms with van der Waals surface area (Å²) in [6, 6.07) is 8.54. The Kier molecular flexibility index (Phi) is 4.54. The van der Waals surface area contributed by atoms with Gasteiger partial charge >= 0.3 is 5.69 Å². The van der Waals surface area contributed by atoms with Gasteiger partial charge in [0.2, 0.25) is 5.16 Å². The van der Waals surface area contributed by atoms with Crippen molar-refractivity contribution in [2.75, 3.05) is 0 Å². The Morgan fingerprint density at radius 1 is 1.12 bits per heavy atom. The van der Waals surface area contributed by atoms with Crippen LogP contribution in [0, 0.1) is 0 Å². The number of rotatable bonds is 4. The number of benzene rings is 1. The van der Waals surface area contributed by atoms with E-state index in [2.05, 4.69) is 15.5 Å². The van der Waals surface area contributed by atoms with Crippen molar-refractivity contribution in [1.29, 1.82) is 0 Å². The number of halogens is 1. The minimum Gasteiger partial charge on any atom is -0.300 e. The fourth-order valence-corrected chi connectivity index (χ4v) is 3.11. The smallest absolute Gasteiger partial charge is 0.300 e. The van der Waals surface area contributed by atoms with E-state index in [1.54, 1.807) is 36.0 Å². The highest BCUT2D eigenvalue weighted by atomic mass is 35.5. The van der Waals surface area contributed by atoms with Crippen LogP contribution < -0.4 is 11.2 Å². The highest BCUT2D eigenvalue weighted by Crippen LogP contribution is 2.22. The molecule has 0 amide bonds. The van der Waals surface area contributed by atoms with Crippen LogP contribution in [0.3, 0.4) is 0 Å². The van der Waals surface area contributed by atoms with Crippen molar-refractivity contribution in [3.05, 3.63) is 61.9 Å². The van der Waals surface area contributed by atoms with Gasteiger partial charge in [-0.1, -0.05) is 23.4 Å². The first kappa shape index (κ1) is 16.5. The quantitative estimate of drug-likeness (QED) is 0.642. The van der Waals surface area contributed by atoms with Crippen LogP contribution in [0.4, 0.5) is 0 Å². The number of tetrazole rings is 1. The van der Waals surface area contributed by atoms with Crippen LogP contribution in [0.25, 0.3) is 5.69 Å². The molecule has 0 saturated heterocycles. The van der Waals surface area contributed by atoms with E-state index in [0.29, 0.717) is 21.6 Å². The Morgan fingerprint density at radius 2 is 1.83 bits per heavy atom. The SMILES string of the molecule is Cn1c(CSc2nnnn2-c2ccc(Cl)cc2)cc(=O)n(C)c1=O. The fourth-order valence-electron chi connectivity index (χ4n) is 2.07. The summed E-state index contributed by atoms with van der Waals surface area (Å²) in [7, 11) is 3.07. The second-order valence-corrected chi connectivity index (χ2v) is 6.39. The maximum Gasteiger partial charge on any atom is 0.330 e. The van der Waals surface area contributed by atoms with E-state index in [-0.39, 0.29) is 11.2 Å². The van der Waals surface area contributed by atoms with Gasteiger partial charge in [0, 0.05) is 36.6 Å². The van der Waals surface area contributed by atoms with Crippen LogP contribution in [-0.2, 0) is 19.8 Å². The average Bonchev–Trinajstić information content (AvgIpc) is 3.04. The Balaban J connectivity index is 1.87. The number of hydrogen-bond acceptors (Lipinski definition) is 6. The normalized spacial score (nSPS) is 11.0. The molecule has 8 nitrogen and oxygen atoms in total. The highest BCUT2D eigenvalue weighted by Gasteiger charge is 2.12. The van der Waals surface area contributed by atoms with Crippen molar-refractivity contribution in [2.24, 2.45) is 14.1 Å². The second-order valence-electron chi connectivity index (χ2n) is 5.01. The lowest BCUT2D eigenvalue weighted by atomic mass is 10.3. The summed E-state index contributed by atoms with van der Waals surface area (Å²) in [4.78, 5) is 23.7. The number of thioether (sulfide) groups is 1. The fraction of sp³-hybridized carbons (Fsp3) is 0.214. The van der Waals surface area contributed by atoms with Gasteiger partial charge in [-0.3, -0.25) is 13.9 Å². The molecule has 1 aromatic carbocycles. The number of aromatic nitrogens is 6. The Morgan fingerprint density at radius 3 is 2.54 bits per heavy atom. The standard InChI is InChI=1S/C14H13ClN6O2S/c1-19-11(7-12(22)20(2)14(19)23)8-24-13-16-17-18-21(13)10-5-3-9(15)4-6-10/h3-7H,8H2,1-2H3. The lowest BCUT2D eigenvalue weighted by Gasteiger charge is -2.09. The van der Waals surface area contributed by atoms with Gasteiger partial charge in [0.25, 0.3) is 5.56 Å². The first-order valence-corrected chi connectivity index (χ1v) is 8.27. The lowest BCUT2D eigenvalue weighted by molar-refractivity contribution is 0.664. The molecule has 3 aromatic rings. The highest BCUT2D eigenvalue weighted by molar-refractivity contribution is 7.98. The Bertz CT molecular complexity index is 992. The number of nitrogens with zero attached hydrogens (tertiary/aromatic N) is 6. The lowest BCUT2D eigenvalue weighted by Crippen LogP contribution is -2.37. The van der Waals surface area contributed by atoms with Crippen LogP contribution in [0.2, 0.25) is 5.02 Å². The molecule has 0 unspecified atom stereocenters. The van der Waals surface area contributed by atoms with Crippen molar-refractivity contribution >= 4 is 23.4 Å². The summed E-state index contributed by atoms with van der Waals surface area (Å²) in [5.41, 5.74) is 0.657. The van der Waals surface area contributed by atoms with Gasteiger partial charge in [0.05, 0.1) is 5.69 Å². The molecular weight excluding hydrogens is 352 g/mol. The maximum absolute atomic E-state index is 12.0. The molecule has 0 aliphatic heterocycles. The molecule has 0 fully saturated rings. The third-order valence-corrected chi connectivity index (χ3v) is 4.69. The third kappa shape index (κ3) is 3.13. The second kappa shape index (κ2) is 6.62. The van der Waals surface area contributed by atoms with Crippen molar-refractivity contribution in [2.45, 2.75) is 10.9 Å². The van der Waals surface area contributed by atoms with Crippen molar-refractivity contribution in [3.8, 4) is 5.69 Å². The summed E-state index contributed by atoms with van der Waals surface area (Å²) < 4.78 is 4.07. The third-order valence-electron chi connectivity index (χ3n) is 3.49. The van der Waals surface area contributed by atoms with Crippen molar-refractivity contribution in [3.63, 3.8) is 0 Å². The van der Waals surface area contributed by atoms with Crippen LogP contribution >= 0.6 is 23.4 Å². The van der Waals surface area contributed by atoms with E-state index >= 15 is 0 Å². The van der Waals surface area contributed by atoms with E-state index in [4.69, 9.17) is 11.6 Å². The topological polar surface area (TPSA) is 87.6 Å². The maximum atomic E-state index is 12.0. The van der Waals surface area contributed by atoms with E-state index in [1.807, 2.05) is 0 Å². The van der Waals surface area contributed by atoms with Gasteiger partial charge in [-0.25, -0.2) is 4.79 Å². The molecule has 0 aliphatic rings. The van der Waals surface area contributed by atoms with Gasteiger partial charge in [0.1, 0.15) is 0 Å². The van der Waals surface area contributed by atoms with Crippen molar-refractivity contribution in [1.82, 2.24) is 29.3 Å². The molecule has 24 heavy (non-hydrogen) atoms. The molecule has 2 heterocycles. The van der Waals surface area contributed by atoms with Gasteiger partial charge in [-0.15, -0.1) is 5.10 Å². The first-order valence-electron chi connectivity index (χ1n) is 6.90. The molecule has 0 aliphatic carbocycles. The van der Waals surface area contributed by atoms with Crippen molar-refractivity contribution < 1.29 is 0 Å². The Hall–Kier alpha value is -2.39. The summed E-state index contributed by atoms with van der Waals surface area (Å²) in [6.07, 6.45) is 0. The molecule has 10 heteroatoms. The summed E-state index contributed by atoms with van der Waals surface area (Å²) in [6.45, 7) is 0. The zero-order valence-electron chi connectivity index (χ0n) is 12.9. The molecular formula is C14H13ClN6O2S. The molecule has 0 radical (unpaired) electrons. The minimum atomic E-state index is -0.365.